The Morgan fingerprint density at radius 2 is 1.83 bits per heavy atom. The fourth-order valence-electron chi connectivity index (χ4n) is 4.75. The number of carbonyl (C=O) groups excluding carboxylic acids is 2. The first-order valence-electron chi connectivity index (χ1n) is 11.9. The van der Waals surface area contributed by atoms with Crippen molar-refractivity contribution in [3.63, 3.8) is 0 Å². The summed E-state index contributed by atoms with van der Waals surface area (Å²) >= 11 is 1.56. The van der Waals surface area contributed by atoms with Crippen LogP contribution in [-0.4, -0.2) is 69.7 Å². The van der Waals surface area contributed by atoms with Crippen LogP contribution in [0.2, 0.25) is 0 Å². The number of benzene rings is 2. The lowest BCUT2D eigenvalue weighted by atomic mass is 10.0. The molecule has 2 N–H and O–H groups in total. The summed E-state index contributed by atoms with van der Waals surface area (Å²) < 4.78 is 0. The van der Waals surface area contributed by atoms with Crippen LogP contribution >= 0.6 is 11.8 Å². The van der Waals surface area contributed by atoms with Crippen LogP contribution in [0.4, 0.5) is 5.82 Å². The topological polar surface area (TPSA) is 90.5 Å². The summed E-state index contributed by atoms with van der Waals surface area (Å²) in [6.07, 6.45) is 1.64. The molecule has 1 fully saturated rings. The zero-order valence-electron chi connectivity index (χ0n) is 20.2. The SMILES string of the molecule is CSc1ccccc1C(=O)N1CCN2Cc3nc(c4ccccc4n3)N[C@@H](C(C)C)C(=O)NC2C1. The molecule has 2 atom stereocenters. The highest BCUT2D eigenvalue weighted by molar-refractivity contribution is 7.98. The van der Waals surface area contributed by atoms with E-state index in [1.807, 2.05) is 73.5 Å². The lowest BCUT2D eigenvalue weighted by Crippen LogP contribution is -2.63. The predicted octanol–water partition coefficient (Wildman–Crippen LogP) is 3.20. The van der Waals surface area contributed by atoms with Crippen molar-refractivity contribution in [2.45, 2.75) is 37.5 Å². The maximum absolute atomic E-state index is 13.5. The summed E-state index contributed by atoms with van der Waals surface area (Å²) in [4.78, 5) is 41.4. The number of anilines is 1. The van der Waals surface area contributed by atoms with E-state index in [0.29, 0.717) is 43.4 Å². The Bertz CT molecular complexity index is 1270. The number of aromatic nitrogens is 2. The molecule has 3 heterocycles. The molecule has 2 aliphatic rings. The van der Waals surface area contributed by atoms with Gasteiger partial charge in [0, 0.05) is 23.4 Å². The van der Waals surface area contributed by atoms with E-state index >= 15 is 0 Å². The smallest absolute Gasteiger partial charge is 0.255 e. The van der Waals surface area contributed by atoms with Crippen molar-refractivity contribution in [3.8, 4) is 0 Å². The van der Waals surface area contributed by atoms with Crippen LogP contribution < -0.4 is 10.6 Å². The molecule has 2 aliphatic heterocycles. The maximum atomic E-state index is 13.5. The zero-order valence-corrected chi connectivity index (χ0v) is 21.0. The number of carbonyl (C=O) groups is 2. The summed E-state index contributed by atoms with van der Waals surface area (Å²) in [5, 5.41) is 7.50. The van der Waals surface area contributed by atoms with E-state index in [0.717, 1.165) is 15.8 Å². The van der Waals surface area contributed by atoms with E-state index in [1.165, 1.54) is 0 Å². The Balaban J connectivity index is 1.48. The zero-order chi connectivity index (χ0) is 24.5. The van der Waals surface area contributed by atoms with Gasteiger partial charge in [-0.1, -0.05) is 38.1 Å². The first-order valence-corrected chi connectivity index (χ1v) is 13.2. The number of hydrogen-bond donors (Lipinski definition) is 2. The molecule has 0 aliphatic carbocycles. The van der Waals surface area contributed by atoms with Gasteiger partial charge in [-0.2, -0.15) is 0 Å². The van der Waals surface area contributed by atoms with Crippen molar-refractivity contribution in [2.24, 2.45) is 5.92 Å². The highest BCUT2D eigenvalue weighted by atomic mass is 32.2. The predicted molar refractivity (Wildman–Crippen MR) is 138 cm³/mol. The van der Waals surface area contributed by atoms with Gasteiger partial charge in [0.25, 0.3) is 5.91 Å². The number of piperazine rings is 1. The van der Waals surface area contributed by atoms with Gasteiger partial charge in [-0.25, -0.2) is 9.97 Å². The van der Waals surface area contributed by atoms with Gasteiger partial charge in [0.15, 0.2) is 0 Å². The van der Waals surface area contributed by atoms with Crippen molar-refractivity contribution in [1.82, 2.24) is 25.1 Å². The van der Waals surface area contributed by atoms with Gasteiger partial charge >= 0.3 is 0 Å². The Labute approximate surface area is 209 Å². The Morgan fingerprint density at radius 1 is 1.06 bits per heavy atom. The van der Waals surface area contributed by atoms with Gasteiger partial charge in [0.1, 0.15) is 23.8 Å². The molecule has 2 aromatic carbocycles. The summed E-state index contributed by atoms with van der Waals surface area (Å²) in [6, 6.07) is 15.1. The second-order valence-corrected chi connectivity index (χ2v) is 10.2. The molecule has 5 rings (SSSR count). The Morgan fingerprint density at radius 3 is 2.63 bits per heavy atom. The summed E-state index contributed by atoms with van der Waals surface area (Å²) in [6.45, 7) is 6.10. The molecule has 0 saturated carbocycles. The lowest BCUT2D eigenvalue weighted by Gasteiger charge is -2.42. The lowest BCUT2D eigenvalue weighted by molar-refractivity contribution is -0.125. The molecule has 1 aromatic heterocycles. The molecule has 182 valence electrons. The molecular formula is C26H30N6O2S. The molecule has 35 heavy (non-hydrogen) atoms. The van der Waals surface area contributed by atoms with Gasteiger partial charge in [-0.05, 0) is 36.4 Å². The number of nitrogens with one attached hydrogen (secondary N) is 2. The highest BCUT2D eigenvalue weighted by Crippen LogP contribution is 2.26. The number of thioether (sulfide) groups is 1. The van der Waals surface area contributed by atoms with Crippen molar-refractivity contribution >= 4 is 40.3 Å². The third-order valence-electron chi connectivity index (χ3n) is 6.66. The van der Waals surface area contributed by atoms with Crippen LogP contribution in [0.3, 0.4) is 0 Å². The van der Waals surface area contributed by atoms with E-state index in [1.54, 1.807) is 11.8 Å². The van der Waals surface area contributed by atoms with Crippen molar-refractivity contribution in [2.75, 3.05) is 31.2 Å². The third kappa shape index (κ3) is 4.70. The molecule has 3 aromatic rings. The van der Waals surface area contributed by atoms with Gasteiger partial charge in [0.2, 0.25) is 5.91 Å². The Kier molecular flexibility index (Phi) is 6.62. The molecular weight excluding hydrogens is 460 g/mol. The first-order chi connectivity index (χ1) is 16.9. The molecule has 9 heteroatoms. The van der Waals surface area contributed by atoms with Crippen LogP contribution in [0.15, 0.2) is 53.4 Å². The van der Waals surface area contributed by atoms with E-state index in [4.69, 9.17) is 9.97 Å². The molecule has 1 saturated heterocycles. The molecule has 0 spiro atoms. The fraction of sp³-hybridized carbons (Fsp3) is 0.385. The average molecular weight is 491 g/mol. The minimum atomic E-state index is -0.468. The second-order valence-electron chi connectivity index (χ2n) is 9.32. The highest BCUT2D eigenvalue weighted by Gasteiger charge is 2.35. The van der Waals surface area contributed by atoms with Gasteiger partial charge in [-0.3, -0.25) is 14.5 Å². The molecule has 1 unspecified atom stereocenters. The minimum absolute atomic E-state index is 0.0104. The average Bonchev–Trinajstić information content (AvgIpc) is 2.87. The van der Waals surface area contributed by atoms with Crippen molar-refractivity contribution in [3.05, 3.63) is 59.9 Å². The summed E-state index contributed by atoms with van der Waals surface area (Å²) in [5.74, 6) is 1.31. The van der Waals surface area contributed by atoms with Gasteiger partial charge in [0.05, 0.1) is 24.2 Å². The third-order valence-corrected chi connectivity index (χ3v) is 7.46. The maximum Gasteiger partial charge on any atom is 0.255 e. The van der Waals surface area contributed by atoms with E-state index in [9.17, 15) is 9.59 Å². The number of amides is 2. The number of para-hydroxylation sites is 1. The quantitative estimate of drug-likeness (QED) is 0.545. The van der Waals surface area contributed by atoms with Crippen LogP contribution in [0.25, 0.3) is 10.9 Å². The molecule has 2 amide bonds. The summed E-state index contributed by atoms with van der Waals surface area (Å²) in [7, 11) is 0. The number of rotatable bonds is 3. The van der Waals surface area contributed by atoms with Crippen LogP contribution in [-0.2, 0) is 11.3 Å². The van der Waals surface area contributed by atoms with E-state index < -0.39 is 6.04 Å². The molecule has 0 radical (unpaired) electrons. The largest absolute Gasteiger partial charge is 0.358 e. The fourth-order valence-corrected chi connectivity index (χ4v) is 5.34. The van der Waals surface area contributed by atoms with Crippen LogP contribution in [0.5, 0.6) is 0 Å². The van der Waals surface area contributed by atoms with E-state index in [2.05, 4.69) is 15.5 Å². The second kappa shape index (κ2) is 9.83. The van der Waals surface area contributed by atoms with Crippen LogP contribution in [0, 0.1) is 5.92 Å². The van der Waals surface area contributed by atoms with Gasteiger partial charge in [-0.15, -0.1) is 11.8 Å². The monoisotopic (exact) mass is 490 g/mol. The first kappa shape index (κ1) is 23.6. The standard InChI is InChI=1S/C26H30N6O2S/c1-16(2)23-25(33)29-22-15-32(26(34)18-9-5-7-11-20(18)35-3)13-12-31(22)14-21-27-19-10-6-4-8-17(19)24(28-21)30-23/h4-11,16,22-23H,12-15H2,1-3H3,(H,29,33)(H,27,28,30)/t22?,23-/m0/s1. The van der Waals surface area contributed by atoms with E-state index in [-0.39, 0.29) is 23.9 Å². The molecule has 2 bridgehead atoms. The van der Waals surface area contributed by atoms with Crippen molar-refractivity contribution in [1.29, 1.82) is 0 Å². The minimum Gasteiger partial charge on any atom is -0.358 e. The normalized spacial score (nSPS) is 20.8. The van der Waals surface area contributed by atoms with Gasteiger partial charge < -0.3 is 15.5 Å². The number of hydrogen-bond acceptors (Lipinski definition) is 7. The summed E-state index contributed by atoms with van der Waals surface area (Å²) in [5.41, 5.74) is 1.55. The van der Waals surface area contributed by atoms with Crippen molar-refractivity contribution < 1.29 is 9.59 Å². The van der Waals surface area contributed by atoms with Crippen LogP contribution in [0.1, 0.15) is 30.0 Å². The number of nitrogens with zero attached hydrogens (tertiary/aromatic N) is 4. The Hall–Kier alpha value is -3.17. The molecule has 8 nitrogen and oxygen atoms in total. The number of fused-ring (bicyclic) bond motifs is 5.